The van der Waals surface area contributed by atoms with Crippen molar-refractivity contribution in [3.63, 3.8) is 0 Å². The molecule has 0 saturated heterocycles. The lowest BCUT2D eigenvalue weighted by Crippen LogP contribution is -2.03. The molecule has 0 aliphatic rings. The highest BCUT2D eigenvalue weighted by molar-refractivity contribution is 5.60. The smallest absolute Gasteiger partial charge is 0.178 e. The summed E-state index contributed by atoms with van der Waals surface area (Å²) >= 11 is 0. The van der Waals surface area contributed by atoms with Crippen molar-refractivity contribution >= 4 is 5.65 Å². The average molecular weight is 255 g/mol. The molecule has 5 heteroatoms. The maximum Gasteiger partial charge on any atom is 0.178 e. The van der Waals surface area contributed by atoms with Crippen LogP contribution in [-0.2, 0) is 6.54 Å². The summed E-state index contributed by atoms with van der Waals surface area (Å²) in [6, 6.07) is 6.00. The molecule has 0 radical (unpaired) electrons. The predicted octanol–water partition coefficient (Wildman–Crippen LogP) is 2.62. The summed E-state index contributed by atoms with van der Waals surface area (Å²) in [5, 5.41) is 4.44. The minimum Gasteiger partial charge on any atom is -0.304 e. The van der Waals surface area contributed by atoms with E-state index in [0.717, 1.165) is 41.6 Å². The number of rotatable bonds is 3. The molecule has 3 aromatic heterocycles. The van der Waals surface area contributed by atoms with Crippen LogP contribution in [-0.4, -0.2) is 24.1 Å². The van der Waals surface area contributed by atoms with Crippen LogP contribution in [0.2, 0.25) is 0 Å². The van der Waals surface area contributed by atoms with Gasteiger partial charge in [-0.15, -0.1) is 0 Å². The van der Waals surface area contributed by atoms with Gasteiger partial charge < -0.3 is 4.40 Å². The van der Waals surface area contributed by atoms with Gasteiger partial charge in [0.2, 0.25) is 0 Å². The molecule has 0 unspecified atom stereocenters. The third-order valence-electron chi connectivity index (χ3n) is 3.19. The normalized spacial score (nSPS) is 11.3. The van der Waals surface area contributed by atoms with Gasteiger partial charge in [-0.2, -0.15) is 5.10 Å². The Morgan fingerprint density at radius 1 is 1.16 bits per heavy atom. The van der Waals surface area contributed by atoms with Gasteiger partial charge in [0.05, 0.1) is 5.69 Å². The van der Waals surface area contributed by atoms with Crippen LogP contribution in [0.25, 0.3) is 17.2 Å². The molecular formula is C14H17N5. The summed E-state index contributed by atoms with van der Waals surface area (Å²) in [7, 11) is 0. The molecule has 0 saturated carbocycles. The van der Waals surface area contributed by atoms with Crippen molar-refractivity contribution in [3.8, 4) is 11.5 Å². The van der Waals surface area contributed by atoms with Gasteiger partial charge in [0.25, 0.3) is 0 Å². The van der Waals surface area contributed by atoms with Crippen molar-refractivity contribution in [2.75, 3.05) is 0 Å². The molecule has 0 bridgehead atoms. The minimum absolute atomic E-state index is 0.792. The fourth-order valence-corrected chi connectivity index (χ4v) is 2.33. The van der Waals surface area contributed by atoms with Gasteiger partial charge in [0.1, 0.15) is 17.2 Å². The summed E-state index contributed by atoms with van der Waals surface area (Å²) in [6.07, 6.45) is 3.05. The highest BCUT2D eigenvalue weighted by atomic mass is 15.4. The van der Waals surface area contributed by atoms with E-state index in [1.165, 1.54) is 0 Å². The third-order valence-corrected chi connectivity index (χ3v) is 3.19. The number of nitrogens with zero attached hydrogens (tertiary/aromatic N) is 5. The van der Waals surface area contributed by atoms with E-state index < -0.39 is 0 Å². The molecule has 0 atom stereocenters. The van der Waals surface area contributed by atoms with Crippen molar-refractivity contribution in [2.24, 2.45) is 0 Å². The van der Waals surface area contributed by atoms with Crippen LogP contribution in [0.4, 0.5) is 0 Å². The monoisotopic (exact) mass is 255 g/mol. The third kappa shape index (κ3) is 1.91. The molecule has 0 amide bonds. The second-order valence-corrected chi connectivity index (χ2v) is 4.68. The molecule has 3 aromatic rings. The molecule has 0 spiro atoms. The highest BCUT2D eigenvalue weighted by Gasteiger charge is 2.16. The van der Waals surface area contributed by atoms with Crippen molar-refractivity contribution in [2.45, 2.75) is 33.7 Å². The zero-order chi connectivity index (χ0) is 13.4. The van der Waals surface area contributed by atoms with Crippen molar-refractivity contribution in [1.82, 2.24) is 24.1 Å². The molecule has 0 aliphatic heterocycles. The fourth-order valence-electron chi connectivity index (χ4n) is 2.33. The number of hydrogen-bond acceptors (Lipinski definition) is 3. The van der Waals surface area contributed by atoms with E-state index in [1.807, 2.05) is 36.0 Å². The standard InChI is InChI=1S/C14H17N5/c1-4-8-19-14(15-11(3)17-19)13-10(2)18-9-6-5-7-12(18)16-13/h5-7,9H,4,8H2,1-3H3. The van der Waals surface area contributed by atoms with E-state index >= 15 is 0 Å². The number of aryl methyl sites for hydroxylation is 3. The quantitative estimate of drug-likeness (QED) is 0.722. The molecule has 0 aromatic carbocycles. The average Bonchev–Trinajstić information content (AvgIpc) is 2.92. The van der Waals surface area contributed by atoms with Gasteiger partial charge in [0, 0.05) is 12.7 Å². The minimum atomic E-state index is 0.792. The van der Waals surface area contributed by atoms with Crippen LogP contribution in [0.3, 0.4) is 0 Å². The largest absolute Gasteiger partial charge is 0.304 e. The van der Waals surface area contributed by atoms with Gasteiger partial charge in [-0.1, -0.05) is 13.0 Å². The maximum atomic E-state index is 4.68. The first-order valence-electron chi connectivity index (χ1n) is 6.56. The van der Waals surface area contributed by atoms with E-state index in [4.69, 9.17) is 0 Å². The highest BCUT2D eigenvalue weighted by Crippen LogP contribution is 2.22. The lowest BCUT2D eigenvalue weighted by Gasteiger charge is -2.02. The summed E-state index contributed by atoms with van der Waals surface area (Å²) in [4.78, 5) is 9.21. The summed E-state index contributed by atoms with van der Waals surface area (Å²) in [6.45, 7) is 6.98. The van der Waals surface area contributed by atoms with E-state index in [9.17, 15) is 0 Å². The van der Waals surface area contributed by atoms with Crippen LogP contribution in [0, 0.1) is 13.8 Å². The van der Waals surface area contributed by atoms with E-state index in [0.29, 0.717) is 0 Å². The lowest BCUT2D eigenvalue weighted by molar-refractivity contribution is 0.603. The van der Waals surface area contributed by atoms with Crippen LogP contribution in [0.1, 0.15) is 24.9 Å². The first kappa shape index (κ1) is 11.9. The second kappa shape index (κ2) is 4.50. The Labute approximate surface area is 111 Å². The van der Waals surface area contributed by atoms with Crippen molar-refractivity contribution < 1.29 is 0 Å². The molecule has 3 rings (SSSR count). The molecule has 5 nitrogen and oxygen atoms in total. The van der Waals surface area contributed by atoms with Gasteiger partial charge >= 0.3 is 0 Å². The lowest BCUT2D eigenvalue weighted by atomic mass is 10.3. The molecule has 98 valence electrons. The Bertz CT molecular complexity index is 723. The summed E-state index contributed by atoms with van der Waals surface area (Å²) in [5.41, 5.74) is 2.96. The molecule has 19 heavy (non-hydrogen) atoms. The van der Waals surface area contributed by atoms with Gasteiger partial charge in [-0.3, -0.25) is 0 Å². The van der Waals surface area contributed by atoms with Crippen LogP contribution < -0.4 is 0 Å². The molecule has 3 heterocycles. The number of pyridine rings is 1. The van der Waals surface area contributed by atoms with Crippen molar-refractivity contribution in [1.29, 1.82) is 0 Å². The zero-order valence-corrected chi connectivity index (χ0v) is 11.5. The fraction of sp³-hybridized carbons (Fsp3) is 0.357. The Hall–Kier alpha value is -2.17. The molecular weight excluding hydrogens is 238 g/mol. The summed E-state index contributed by atoms with van der Waals surface area (Å²) < 4.78 is 4.03. The first-order chi connectivity index (χ1) is 9.20. The number of imidazole rings is 1. The number of fused-ring (bicyclic) bond motifs is 1. The Morgan fingerprint density at radius 3 is 2.74 bits per heavy atom. The predicted molar refractivity (Wildman–Crippen MR) is 74.0 cm³/mol. The van der Waals surface area contributed by atoms with E-state index in [-0.39, 0.29) is 0 Å². The van der Waals surface area contributed by atoms with Gasteiger partial charge in [-0.25, -0.2) is 14.6 Å². The molecule has 0 fully saturated rings. The van der Waals surface area contributed by atoms with Gasteiger partial charge in [-0.05, 0) is 32.4 Å². The number of aromatic nitrogens is 5. The maximum absolute atomic E-state index is 4.68. The SMILES string of the molecule is CCCn1nc(C)nc1-c1nc2ccccn2c1C. The molecule has 0 N–H and O–H groups in total. The summed E-state index contributed by atoms with van der Waals surface area (Å²) in [5.74, 6) is 1.65. The second-order valence-electron chi connectivity index (χ2n) is 4.68. The Morgan fingerprint density at radius 2 is 2.00 bits per heavy atom. The first-order valence-corrected chi connectivity index (χ1v) is 6.56. The van der Waals surface area contributed by atoms with Crippen LogP contribution >= 0.6 is 0 Å². The van der Waals surface area contributed by atoms with Crippen LogP contribution in [0.5, 0.6) is 0 Å². The number of hydrogen-bond donors (Lipinski definition) is 0. The Kier molecular flexibility index (Phi) is 2.81. The van der Waals surface area contributed by atoms with E-state index in [2.05, 4.69) is 33.3 Å². The Balaban J connectivity index is 2.21. The van der Waals surface area contributed by atoms with E-state index in [1.54, 1.807) is 0 Å². The van der Waals surface area contributed by atoms with Crippen LogP contribution in [0.15, 0.2) is 24.4 Å². The molecule has 0 aliphatic carbocycles. The van der Waals surface area contributed by atoms with Crippen molar-refractivity contribution in [3.05, 3.63) is 35.9 Å². The zero-order valence-electron chi connectivity index (χ0n) is 11.5. The topological polar surface area (TPSA) is 48.0 Å². The van der Waals surface area contributed by atoms with Gasteiger partial charge in [0.15, 0.2) is 5.82 Å².